The molecule has 0 radical (unpaired) electrons. The molecule has 1 aliphatic rings. The molecule has 20 heavy (non-hydrogen) atoms. The van der Waals surface area contributed by atoms with Gasteiger partial charge in [-0.25, -0.2) is 0 Å². The molecule has 0 aromatic heterocycles. The van der Waals surface area contributed by atoms with Crippen LogP contribution in [0.4, 0.5) is 0 Å². The summed E-state index contributed by atoms with van der Waals surface area (Å²) in [6, 6.07) is 16.9. The summed E-state index contributed by atoms with van der Waals surface area (Å²) >= 11 is 0. The average molecular weight is 266 g/mol. The molecule has 1 N–H and O–H groups in total. The van der Waals surface area contributed by atoms with Crippen LogP contribution >= 0.6 is 0 Å². The second kappa shape index (κ2) is 5.41. The van der Waals surface area contributed by atoms with Crippen LogP contribution in [0.1, 0.15) is 48.1 Å². The standard InChI is InChI=1S/C19H22O/c1-13(2)10-14-6-5-8-16(11-14)19(20)18-12-15-7-3-4-9-17(15)18/h3-9,11,13,18-20H,10,12H2,1-2H3. The van der Waals surface area contributed by atoms with E-state index >= 15 is 0 Å². The Labute approximate surface area is 121 Å². The number of aliphatic hydroxyl groups excluding tert-OH is 1. The zero-order valence-electron chi connectivity index (χ0n) is 12.2. The minimum absolute atomic E-state index is 0.264. The molecule has 2 aromatic carbocycles. The topological polar surface area (TPSA) is 20.2 Å². The van der Waals surface area contributed by atoms with Gasteiger partial charge in [0.2, 0.25) is 0 Å². The maximum Gasteiger partial charge on any atom is 0.0861 e. The van der Waals surface area contributed by atoms with Crippen LogP contribution in [0.5, 0.6) is 0 Å². The van der Waals surface area contributed by atoms with Gasteiger partial charge >= 0.3 is 0 Å². The van der Waals surface area contributed by atoms with Crippen LogP contribution in [-0.4, -0.2) is 5.11 Å². The van der Waals surface area contributed by atoms with Crippen molar-refractivity contribution in [3.63, 3.8) is 0 Å². The quantitative estimate of drug-likeness (QED) is 0.876. The average Bonchev–Trinajstić information content (AvgIpc) is 2.39. The van der Waals surface area contributed by atoms with Gasteiger partial charge in [-0.15, -0.1) is 0 Å². The van der Waals surface area contributed by atoms with Gasteiger partial charge in [-0.3, -0.25) is 0 Å². The molecule has 0 fully saturated rings. The number of hydrogen-bond acceptors (Lipinski definition) is 1. The lowest BCUT2D eigenvalue weighted by molar-refractivity contribution is 0.134. The second-order valence-corrected chi connectivity index (χ2v) is 6.30. The van der Waals surface area contributed by atoms with E-state index in [0.717, 1.165) is 18.4 Å². The minimum Gasteiger partial charge on any atom is -0.388 e. The van der Waals surface area contributed by atoms with Gasteiger partial charge in [0.1, 0.15) is 0 Å². The Morgan fingerprint density at radius 1 is 1.10 bits per heavy atom. The molecule has 0 aliphatic heterocycles. The smallest absolute Gasteiger partial charge is 0.0861 e. The van der Waals surface area contributed by atoms with Crippen LogP contribution in [0, 0.1) is 5.92 Å². The van der Waals surface area contributed by atoms with Crippen LogP contribution in [-0.2, 0) is 12.8 Å². The van der Waals surface area contributed by atoms with Crippen molar-refractivity contribution >= 4 is 0 Å². The zero-order valence-corrected chi connectivity index (χ0v) is 12.2. The van der Waals surface area contributed by atoms with Crippen LogP contribution < -0.4 is 0 Å². The molecule has 2 unspecified atom stereocenters. The first-order valence-corrected chi connectivity index (χ1v) is 7.50. The molecular formula is C19H22O. The van der Waals surface area contributed by atoms with Gasteiger partial charge in [-0.1, -0.05) is 62.4 Å². The number of hydrogen-bond donors (Lipinski definition) is 1. The fraction of sp³-hybridized carbons (Fsp3) is 0.368. The normalized spacial score (nSPS) is 18.5. The lowest BCUT2D eigenvalue weighted by atomic mass is 9.73. The molecule has 0 saturated carbocycles. The summed E-state index contributed by atoms with van der Waals surface area (Å²) < 4.78 is 0. The van der Waals surface area contributed by atoms with Crippen LogP contribution in [0.25, 0.3) is 0 Å². The molecule has 2 atom stereocenters. The van der Waals surface area contributed by atoms with E-state index in [2.05, 4.69) is 62.4 Å². The van der Waals surface area contributed by atoms with Crippen molar-refractivity contribution in [2.24, 2.45) is 5.92 Å². The van der Waals surface area contributed by atoms with Crippen molar-refractivity contribution in [1.82, 2.24) is 0 Å². The Hall–Kier alpha value is -1.60. The van der Waals surface area contributed by atoms with Gasteiger partial charge in [0.25, 0.3) is 0 Å². The highest BCUT2D eigenvalue weighted by atomic mass is 16.3. The first kappa shape index (κ1) is 13.4. The summed E-state index contributed by atoms with van der Waals surface area (Å²) in [5, 5.41) is 10.6. The Kier molecular flexibility index (Phi) is 3.62. The van der Waals surface area contributed by atoms with Crippen LogP contribution in [0.2, 0.25) is 0 Å². The molecule has 2 aromatic rings. The molecule has 1 nitrogen and oxygen atoms in total. The van der Waals surface area contributed by atoms with Gasteiger partial charge in [0, 0.05) is 5.92 Å². The van der Waals surface area contributed by atoms with E-state index < -0.39 is 0 Å². The highest BCUT2D eigenvalue weighted by Gasteiger charge is 2.32. The monoisotopic (exact) mass is 266 g/mol. The Balaban J connectivity index is 1.80. The predicted octanol–water partition coefficient (Wildman–Crippen LogP) is 4.26. The number of rotatable bonds is 4. The Morgan fingerprint density at radius 2 is 1.90 bits per heavy atom. The SMILES string of the molecule is CC(C)Cc1cccc(C(O)C2Cc3ccccc32)c1. The molecule has 0 spiro atoms. The lowest BCUT2D eigenvalue weighted by Gasteiger charge is -2.34. The second-order valence-electron chi connectivity index (χ2n) is 6.30. The van der Waals surface area contributed by atoms with Gasteiger partial charge in [-0.05, 0) is 41.0 Å². The minimum atomic E-state index is -0.378. The van der Waals surface area contributed by atoms with E-state index in [4.69, 9.17) is 0 Å². The summed E-state index contributed by atoms with van der Waals surface area (Å²) in [6.45, 7) is 4.45. The fourth-order valence-electron chi connectivity index (χ4n) is 3.19. The van der Waals surface area contributed by atoms with Gasteiger partial charge < -0.3 is 5.11 Å². The lowest BCUT2D eigenvalue weighted by Crippen LogP contribution is -2.23. The third kappa shape index (κ3) is 2.51. The third-order valence-electron chi connectivity index (χ3n) is 4.21. The third-order valence-corrected chi connectivity index (χ3v) is 4.21. The maximum absolute atomic E-state index is 10.6. The highest BCUT2D eigenvalue weighted by Crippen LogP contribution is 2.43. The molecule has 3 rings (SSSR count). The molecular weight excluding hydrogens is 244 g/mol. The van der Waals surface area contributed by atoms with Crippen LogP contribution in [0.3, 0.4) is 0 Å². The van der Waals surface area contributed by atoms with Crippen molar-refractivity contribution in [3.05, 3.63) is 70.8 Å². The van der Waals surface area contributed by atoms with Crippen molar-refractivity contribution in [2.45, 2.75) is 38.7 Å². The number of fused-ring (bicyclic) bond motifs is 1. The molecule has 0 heterocycles. The summed E-state index contributed by atoms with van der Waals surface area (Å²) in [5.41, 5.74) is 5.08. The Bertz CT molecular complexity index is 600. The summed E-state index contributed by atoms with van der Waals surface area (Å²) in [4.78, 5) is 0. The fourth-order valence-corrected chi connectivity index (χ4v) is 3.19. The summed E-state index contributed by atoms with van der Waals surface area (Å²) in [5.74, 6) is 0.910. The maximum atomic E-state index is 10.6. The molecule has 0 amide bonds. The van der Waals surface area contributed by atoms with E-state index in [1.165, 1.54) is 16.7 Å². The molecule has 0 bridgehead atoms. The van der Waals surface area contributed by atoms with Crippen molar-refractivity contribution < 1.29 is 5.11 Å². The first-order valence-electron chi connectivity index (χ1n) is 7.50. The Morgan fingerprint density at radius 3 is 2.65 bits per heavy atom. The van der Waals surface area contributed by atoms with E-state index in [1.54, 1.807) is 0 Å². The van der Waals surface area contributed by atoms with E-state index in [9.17, 15) is 5.11 Å². The van der Waals surface area contributed by atoms with E-state index in [0.29, 0.717) is 5.92 Å². The molecule has 1 aliphatic carbocycles. The summed E-state index contributed by atoms with van der Waals surface area (Å²) in [6.07, 6.45) is 1.69. The van der Waals surface area contributed by atoms with E-state index in [1.807, 2.05) is 0 Å². The predicted molar refractivity (Wildman–Crippen MR) is 82.8 cm³/mol. The van der Waals surface area contributed by atoms with Crippen LogP contribution in [0.15, 0.2) is 48.5 Å². The molecule has 0 saturated heterocycles. The highest BCUT2D eigenvalue weighted by molar-refractivity contribution is 5.42. The van der Waals surface area contributed by atoms with Gasteiger partial charge in [-0.2, -0.15) is 0 Å². The van der Waals surface area contributed by atoms with Crippen molar-refractivity contribution in [2.75, 3.05) is 0 Å². The zero-order chi connectivity index (χ0) is 14.1. The van der Waals surface area contributed by atoms with Crippen molar-refractivity contribution in [1.29, 1.82) is 0 Å². The largest absolute Gasteiger partial charge is 0.388 e. The molecule has 1 heteroatoms. The number of aliphatic hydroxyl groups is 1. The number of benzene rings is 2. The van der Waals surface area contributed by atoms with Gasteiger partial charge in [0.15, 0.2) is 0 Å². The van der Waals surface area contributed by atoms with E-state index in [-0.39, 0.29) is 12.0 Å². The van der Waals surface area contributed by atoms with Crippen molar-refractivity contribution in [3.8, 4) is 0 Å². The molecule has 104 valence electrons. The van der Waals surface area contributed by atoms with Gasteiger partial charge in [0.05, 0.1) is 6.10 Å². The first-order chi connectivity index (χ1) is 9.65. The summed E-state index contributed by atoms with van der Waals surface area (Å²) in [7, 11) is 0.